The lowest BCUT2D eigenvalue weighted by Crippen LogP contribution is -2.38. The molecular weight excluding hydrogens is 213 g/mol. The number of carbonyl (C=O) groups excluding carboxylic acids is 1. The van der Waals surface area contributed by atoms with Crippen molar-refractivity contribution in [1.29, 1.82) is 0 Å². The first-order valence-corrected chi connectivity index (χ1v) is 4.67. The molecule has 0 bridgehead atoms. The summed E-state index contributed by atoms with van der Waals surface area (Å²) in [5, 5.41) is 9.25. The number of rotatable bonds is 1. The van der Waals surface area contributed by atoms with Gasteiger partial charge in [-0.25, -0.2) is 0 Å². The Morgan fingerprint density at radius 1 is 1.33 bits per heavy atom. The Hall–Kier alpha value is -0.780. The Labute approximate surface area is 85.2 Å². The fraction of sp³-hybridized carbons (Fsp3) is 0.889. The summed E-state index contributed by atoms with van der Waals surface area (Å²) in [7, 11) is 1.13. The molecule has 1 N–H and O–H groups in total. The molecule has 0 radical (unpaired) electrons. The van der Waals surface area contributed by atoms with Gasteiger partial charge in [-0.05, 0) is 19.3 Å². The zero-order valence-corrected chi connectivity index (χ0v) is 8.25. The number of hydrogen-bond donors (Lipinski definition) is 1. The minimum atomic E-state index is -4.35. The SMILES string of the molecule is COC(=O)[C@@H]1C[C@@H](O)C[C@@H](C(F)(F)F)C1. The van der Waals surface area contributed by atoms with Crippen molar-refractivity contribution in [2.45, 2.75) is 31.5 Å². The molecule has 0 spiro atoms. The summed E-state index contributed by atoms with van der Waals surface area (Å²) in [6.07, 6.45) is -5.98. The van der Waals surface area contributed by atoms with Gasteiger partial charge >= 0.3 is 12.1 Å². The molecule has 15 heavy (non-hydrogen) atoms. The lowest BCUT2D eigenvalue weighted by atomic mass is 9.79. The van der Waals surface area contributed by atoms with Crippen LogP contribution in [0.15, 0.2) is 0 Å². The Kier molecular flexibility index (Phi) is 3.59. The van der Waals surface area contributed by atoms with Crippen molar-refractivity contribution in [3.8, 4) is 0 Å². The number of halogens is 3. The zero-order valence-electron chi connectivity index (χ0n) is 8.25. The molecule has 88 valence electrons. The van der Waals surface area contributed by atoms with Crippen molar-refractivity contribution in [3.05, 3.63) is 0 Å². The highest BCUT2D eigenvalue weighted by molar-refractivity contribution is 5.72. The van der Waals surface area contributed by atoms with Gasteiger partial charge in [0.25, 0.3) is 0 Å². The third kappa shape index (κ3) is 3.09. The van der Waals surface area contributed by atoms with Gasteiger partial charge in [0.1, 0.15) is 0 Å². The summed E-state index contributed by atoms with van der Waals surface area (Å²) in [5.74, 6) is -3.13. The van der Waals surface area contributed by atoms with Gasteiger partial charge in [-0.2, -0.15) is 13.2 Å². The van der Waals surface area contributed by atoms with Crippen LogP contribution >= 0.6 is 0 Å². The molecule has 0 amide bonds. The van der Waals surface area contributed by atoms with E-state index < -0.39 is 30.1 Å². The van der Waals surface area contributed by atoms with E-state index in [-0.39, 0.29) is 19.3 Å². The first kappa shape index (κ1) is 12.3. The highest BCUT2D eigenvalue weighted by Gasteiger charge is 2.46. The molecule has 0 saturated heterocycles. The quantitative estimate of drug-likeness (QED) is 0.689. The minimum absolute atomic E-state index is 0.0548. The van der Waals surface area contributed by atoms with Crippen LogP contribution in [-0.2, 0) is 9.53 Å². The fourth-order valence-electron chi connectivity index (χ4n) is 1.92. The Morgan fingerprint density at radius 2 is 1.93 bits per heavy atom. The molecular formula is C9H13F3O3. The van der Waals surface area contributed by atoms with E-state index in [2.05, 4.69) is 4.74 Å². The summed E-state index contributed by atoms with van der Waals surface area (Å²) in [5.41, 5.74) is 0. The highest BCUT2D eigenvalue weighted by Crippen LogP contribution is 2.40. The summed E-state index contributed by atoms with van der Waals surface area (Å²) < 4.78 is 41.6. The van der Waals surface area contributed by atoms with Gasteiger partial charge < -0.3 is 9.84 Å². The molecule has 6 heteroatoms. The first-order chi connectivity index (χ1) is 6.84. The zero-order chi connectivity index (χ0) is 11.6. The monoisotopic (exact) mass is 226 g/mol. The van der Waals surface area contributed by atoms with Crippen LogP contribution in [0.2, 0.25) is 0 Å². The molecule has 3 atom stereocenters. The van der Waals surface area contributed by atoms with E-state index in [4.69, 9.17) is 0 Å². The van der Waals surface area contributed by atoms with Crippen LogP contribution in [0.1, 0.15) is 19.3 Å². The van der Waals surface area contributed by atoms with Crippen LogP contribution in [0.3, 0.4) is 0 Å². The molecule has 1 saturated carbocycles. The molecule has 1 fully saturated rings. The second-order valence-corrected chi connectivity index (χ2v) is 3.82. The van der Waals surface area contributed by atoms with Gasteiger partial charge in [0.05, 0.1) is 25.0 Å². The Morgan fingerprint density at radius 3 is 2.40 bits per heavy atom. The standard InChI is InChI=1S/C9H13F3O3/c1-15-8(14)5-2-6(9(10,11)12)4-7(13)3-5/h5-7,13H,2-4H2,1H3/t5-,6-,7+/m0/s1. The van der Waals surface area contributed by atoms with Crippen molar-refractivity contribution in [1.82, 2.24) is 0 Å². The van der Waals surface area contributed by atoms with E-state index in [0.29, 0.717) is 0 Å². The Bertz CT molecular complexity index is 239. The van der Waals surface area contributed by atoms with Crippen molar-refractivity contribution in [3.63, 3.8) is 0 Å². The van der Waals surface area contributed by atoms with Gasteiger partial charge in [-0.1, -0.05) is 0 Å². The van der Waals surface area contributed by atoms with Crippen LogP contribution in [0.4, 0.5) is 13.2 Å². The van der Waals surface area contributed by atoms with Crippen LogP contribution in [0.25, 0.3) is 0 Å². The maximum atomic E-state index is 12.4. The number of aliphatic hydroxyl groups is 1. The summed E-state index contributed by atoms with van der Waals surface area (Å²) >= 11 is 0. The van der Waals surface area contributed by atoms with E-state index in [1.165, 1.54) is 0 Å². The van der Waals surface area contributed by atoms with E-state index in [0.717, 1.165) is 7.11 Å². The molecule has 0 heterocycles. The predicted molar refractivity (Wildman–Crippen MR) is 44.9 cm³/mol. The first-order valence-electron chi connectivity index (χ1n) is 4.67. The molecule has 0 aromatic heterocycles. The van der Waals surface area contributed by atoms with Crippen LogP contribution in [0.5, 0.6) is 0 Å². The summed E-state index contributed by atoms with van der Waals surface area (Å²) in [6, 6.07) is 0. The summed E-state index contributed by atoms with van der Waals surface area (Å²) in [4.78, 5) is 11.1. The van der Waals surface area contributed by atoms with E-state index in [1.54, 1.807) is 0 Å². The topological polar surface area (TPSA) is 46.5 Å². The molecule has 0 aliphatic heterocycles. The maximum absolute atomic E-state index is 12.4. The van der Waals surface area contributed by atoms with Crippen LogP contribution < -0.4 is 0 Å². The second kappa shape index (κ2) is 4.38. The molecule has 0 unspecified atom stereocenters. The molecule has 0 aromatic rings. The summed E-state index contributed by atoms with van der Waals surface area (Å²) in [6.45, 7) is 0. The highest BCUT2D eigenvalue weighted by atomic mass is 19.4. The average molecular weight is 226 g/mol. The van der Waals surface area contributed by atoms with Crippen molar-refractivity contribution < 1.29 is 27.8 Å². The van der Waals surface area contributed by atoms with Crippen molar-refractivity contribution in [2.75, 3.05) is 7.11 Å². The maximum Gasteiger partial charge on any atom is 0.391 e. The number of ether oxygens (including phenoxy) is 1. The van der Waals surface area contributed by atoms with Crippen LogP contribution in [-0.4, -0.2) is 30.5 Å². The number of aliphatic hydroxyl groups excluding tert-OH is 1. The van der Waals surface area contributed by atoms with Gasteiger partial charge in [0, 0.05) is 0 Å². The second-order valence-electron chi connectivity index (χ2n) is 3.82. The molecule has 1 aliphatic rings. The van der Waals surface area contributed by atoms with Gasteiger partial charge in [-0.15, -0.1) is 0 Å². The van der Waals surface area contributed by atoms with Crippen molar-refractivity contribution in [2.24, 2.45) is 11.8 Å². The number of carbonyl (C=O) groups is 1. The normalized spacial score (nSPS) is 32.5. The largest absolute Gasteiger partial charge is 0.469 e. The number of alkyl halides is 3. The third-order valence-corrected chi connectivity index (χ3v) is 2.68. The molecule has 0 aromatic carbocycles. The number of methoxy groups -OCH3 is 1. The van der Waals surface area contributed by atoms with E-state index in [9.17, 15) is 23.1 Å². The fourth-order valence-corrected chi connectivity index (χ4v) is 1.92. The average Bonchev–Trinajstić information content (AvgIpc) is 2.14. The predicted octanol–water partition coefficient (Wildman–Crippen LogP) is 1.50. The number of hydrogen-bond acceptors (Lipinski definition) is 3. The smallest absolute Gasteiger partial charge is 0.391 e. The van der Waals surface area contributed by atoms with Gasteiger partial charge in [0.15, 0.2) is 0 Å². The lowest BCUT2D eigenvalue weighted by molar-refractivity contribution is -0.197. The molecule has 3 nitrogen and oxygen atoms in total. The number of esters is 1. The minimum Gasteiger partial charge on any atom is -0.469 e. The van der Waals surface area contributed by atoms with Crippen LogP contribution in [0, 0.1) is 11.8 Å². The van der Waals surface area contributed by atoms with Gasteiger partial charge in [-0.3, -0.25) is 4.79 Å². The Balaban J connectivity index is 2.68. The lowest BCUT2D eigenvalue weighted by Gasteiger charge is -2.32. The van der Waals surface area contributed by atoms with E-state index in [1.807, 2.05) is 0 Å². The van der Waals surface area contributed by atoms with E-state index >= 15 is 0 Å². The third-order valence-electron chi connectivity index (χ3n) is 2.68. The molecule has 1 rings (SSSR count). The molecule has 1 aliphatic carbocycles. The van der Waals surface area contributed by atoms with Crippen molar-refractivity contribution >= 4 is 5.97 Å². The van der Waals surface area contributed by atoms with Gasteiger partial charge in [0.2, 0.25) is 0 Å².